The zero-order valence-corrected chi connectivity index (χ0v) is 8.36. The first kappa shape index (κ1) is 12.7. The Morgan fingerprint density at radius 3 is 2.21 bits per heavy atom. The lowest BCUT2D eigenvalue weighted by Gasteiger charge is -2.29. The molecule has 0 radical (unpaired) electrons. The predicted octanol–water partition coefficient (Wildman–Crippen LogP) is 0.0490. The zero-order valence-electron chi connectivity index (χ0n) is 8.36. The van der Waals surface area contributed by atoms with Gasteiger partial charge in [-0.15, -0.1) is 0 Å². The van der Waals surface area contributed by atoms with E-state index < -0.39 is 12.1 Å². The summed E-state index contributed by atoms with van der Waals surface area (Å²) < 4.78 is 0. The number of nitrogens with zero attached hydrogens (tertiary/aromatic N) is 1. The Bertz CT molecular complexity index is 204. The molecule has 1 heterocycles. The van der Waals surface area contributed by atoms with Crippen LogP contribution in [0.15, 0.2) is 0 Å². The van der Waals surface area contributed by atoms with E-state index in [-0.39, 0.29) is 0 Å². The summed E-state index contributed by atoms with van der Waals surface area (Å²) in [4.78, 5) is 20.8. The van der Waals surface area contributed by atoms with Crippen molar-refractivity contribution in [3.63, 3.8) is 0 Å². The first-order valence-electron chi connectivity index (χ1n) is 4.34. The van der Waals surface area contributed by atoms with Gasteiger partial charge in [-0.05, 0) is 6.92 Å². The lowest BCUT2D eigenvalue weighted by molar-refractivity contribution is -0.134. The molecule has 0 aromatic heterocycles. The van der Waals surface area contributed by atoms with Gasteiger partial charge in [0, 0.05) is 32.6 Å². The zero-order chi connectivity index (χ0) is 11.1. The van der Waals surface area contributed by atoms with Crippen LogP contribution >= 0.6 is 0 Å². The minimum Gasteiger partial charge on any atom is -0.481 e. The maximum atomic E-state index is 10.4. The Morgan fingerprint density at radius 2 is 1.93 bits per heavy atom. The van der Waals surface area contributed by atoms with E-state index in [1.54, 1.807) is 0 Å². The van der Waals surface area contributed by atoms with Crippen molar-refractivity contribution in [1.29, 1.82) is 0 Å². The fourth-order valence-corrected chi connectivity index (χ4v) is 1.11. The molecule has 6 heteroatoms. The maximum absolute atomic E-state index is 10.4. The Hall–Kier alpha value is -1.30. The molecule has 82 valence electrons. The molecule has 1 atom stereocenters. The molecule has 1 saturated heterocycles. The van der Waals surface area contributed by atoms with E-state index in [1.165, 1.54) is 4.90 Å². The number of carboxylic acid groups (broad SMARTS) is 2. The summed E-state index contributed by atoms with van der Waals surface area (Å²) in [7, 11) is 0. The lowest BCUT2D eigenvalue weighted by Crippen LogP contribution is -2.50. The molecule has 1 aliphatic heterocycles. The number of nitrogens with one attached hydrogen (secondary N) is 1. The molecule has 0 saturated carbocycles. The SMILES string of the molecule is CC(=O)O.C[C@H]1CN(C(=O)O)CCN1. The van der Waals surface area contributed by atoms with Gasteiger partial charge in [0.05, 0.1) is 0 Å². The number of piperazine rings is 1. The highest BCUT2D eigenvalue weighted by Crippen LogP contribution is 1.97. The van der Waals surface area contributed by atoms with Crippen molar-refractivity contribution < 1.29 is 19.8 Å². The van der Waals surface area contributed by atoms with Crippen LogP contribution in [0.1, 0.15) is 13.8 Å². The normalized spacial score (nSPS) is 20.7. The van der Waals surface area contributed by atoms with E-state index in [0.717, 1.165) is 13.5 Å². The van der Waals surface area contributed by atoms with Gasteiger partial charge < -0.3 is 20.4 Å². The third-order valence-electron chi connectivity index (χ3n) is 1.64. The summed E-state index contributed by atoms with van der Waals surface area (Å²) in [5.74, 6) is -0.833. The molecule has 0 aliphatic carbocycles. The van der Waals surface area contributed by atoms with Crippen molar-refractivity contribution >= 4 is 12.1 Å². The average Bonchev–Trinajstić information content (AvgIpc) is 2.03. The van der Waals surface area contributed by atoms with E-state index in [9.17, 15) is 4.79 Å². The number of hydrogen-bond acceptors (Lipinski definition) is 3. The third kappa shape index (κ3) is 6.24. The molecule has 0 spiro atoms. The molecule has 1 rings (SSSR count). The van der Waals surface area contributed by atoms with Crippen LogP contribution in [-0.2, 0) is 4.79 Å². The topological polar surface area (TPSA) is 89.9 Å². The van der Waals surface area contributed by atoms with Crippen molar-refractivity contribution in [2.24, 2.45) is 0 Å². The van der Waals surface area contributed by atoms with Crippen LogP contribution in [0, 0.1) is 0 Å². The van der Waals surface area contributed by atoms with Crippen molar-refractivity contribution in [1.82, 2.24) is 10.2 Å². The number of aliphatic carboxylic acids is 1. The van der Waals surface area contributed by atoms with Gasteiger partial charge in [-0.2, -0.15) is 0 Å². The Labute approximate surface area is 82.5 Å². The summed E-state index contributed by atoms with van der Waals surface area (Å²) in [6.45, 7) is 5.05. The number of rotatable bonds is 0. The molecule has 0 unspecified atom stereocenters. The average molecular weight is 204 g/mol. The first-order chi connectivity index (χ1) is 6.43. The molecular formula is C8H16N2O4. The van der Waals surface area contributed by atoms with Gasteiger partial charge in [0.15, 0.2) is 0 Å². The van der Waals surface area contributed by atoms with E-state index in [0.29, 0.717) is 19.1 Å². The lowest BCUT2D eigenvalue weighted by atomic mass is 10.2. The summed E-state index contributed by atoms with van der Waals surface area (Å²) in [5.41, 5.74) is 0. The monoisotopic (exact) mass is 204 g/mol. The van der Waals surface area contributed by atoms with Gasteiger partial charge in [-0.3, -0.25) is 4.79 Å². The van der Waals surface area contributed by atoms with Gasteiger partial charge in [0.25, 0.3) is 5.97 Å². The summed E-state index contributed by atoms with van der Waals surface area (Å²) in [6, 6.07) is 0.296. The Kier molecular flexibility index (Phi) is 5.62. The van der Waals surface area contributed by atoms with E-state index >= 15 is 0 Å². The van der Waals surface area contributed by atoms with Crippen LogP contribution in [-0.4, -0.2) is 52.9 Å². The van der Waals surface area contributed by atoms with Crippen LogP contribution in [0.3, 0.4) is 0 Å². The van der Waals surface area contributed by atoms with Crippen LogP contribution in [0.5, 0.6) is 0 Å². The summed E-state index contributed by atoms with van der Waals surface area (Å²) in [5, 5.41) is 19.1. The largest absolute Gasteiger partial charge is 0.481 e. The van der Waals surface area contributed by atoms with Crippen LogP contribution < -0.4 is 5.32 Å². The van der Waals surface area contributed by atoms with E-state index in [2.05, 4.69) is 5.32 Å². The van der Waals surface area contributed by atoms with Crippen molar-refractivity contribution in [3.05, 3.63) is 0 Å². The summed E-state index contributed by atoms with van der Waals surface area (Å²) in [6.07, 6.45) is -0.812. The highest BCUT2D eigenvalue weighted by molar-refractivity contribution is 5.65. The molecule has 1 fully saturated rings. The van der Waals surface area contributed by atoms with E-state index in [4.69, 9.17) is 15.0 Å². The minimum absolute atomic E-state index is 0.296. The second kappa shape index (κ2) is 6.20. The summed E-state index contributed by atoms with van der Waals surface area (Å²) >= 11 is 0. The Balaban J connectivity index is 0.000000364. The molecule has 0 aromatic rings. The molecule has 6 nitrogen and oxygen atoms in total. The quantitative estimate of drug-likeness (QED) is 0.518. The van der Waals surface area contributed by atoms with Gasteiger partial charge in [0.1, 0.15) is 0 Å². The predicted molar refractivity (Wildman–Crippen MR) is 50.4 cm³/mol. The standard InChI is InChI=1S/C6H12N2O2.C2H4O2/c1-5-4-8(6(9)10)3-2-7-5;1-2(3)4/h5,7H,2-4H2,1H3,(H,9,10);1H3,(H,3,4)/t5-;/m0./s1. The highest BCUT2D eigenvalue weighted by atomic mass is 16.4. The first-order valence-corrected chi connectivity index (χ1v) is 4.34. The number of amides is 1. The van der Waals surface area contributed by atoms with Gasteiger partial charge in [-0.25, -0.2) is 4.79 Å². The molecule has 0 aromatic carbocycles. The van der Waals surface area contributed by atoms with Crippen LogP contribution in [0.4, 0.5) is 4.79 Å². The van der Waals surface area contributed by atoms with Gasteiger partial charge >= 0.3 is 6.09 Å². The van der Waals surface area contributed by atoms with Crippen molar-refractivity contribution in [2.45, 2.75) is 19.9 Å². The fraction of sp³-hybridized carbons (Fsp3) is 0.750. The van der Waals surface area contributed by atoms with Gasteiger partial charge in [-0.1, -0.05) is 0 Å². The second-order valence-corrected chi connectivity index (χ2v) is 3.10. The number of carboxylic acids is 1. The van der Waals surface area contributed by atoms with Crippen LogP contribution in [0.2, 0.25) is 0 Å². The van der Waals surface area contributed by atoms with Crippen molar-refractivity contribution in [2.75, 3.05) is 19.6 Å². The van der Waals surface area contributed by atoms with Gasteiger partial charge in [0.2, 0.25) is 0 Å². The molecule has 1 amide bonds. The molecule has 0 bridgehead atoms. The molecular weight excluding hydrogens is 188 g/mol. The van der Waals surface area contributed by atoms with Crippen molar-refractivity contribution in [3.8, 4) is 0 Å². The second-order valence-electron chi connectivity index (χ2n) is 3.10. The number of hydrogen-bond donors (Lipinski definition) is 3. The molecule has 3 N–H and O–H groups in total. The fourth-order valence-electron chi connectivity index (χ4n) is 1.11. The smallest absolute Gasteiger partial charge is 0.407 e. The number of carbonyl (C=O) groups is 2. The highest BCUT2D eigenvalue weighted by Gasteiger charge is 2.18. The molecule has 14 heavy (non-hydrogen) atoms. The van der Waals surface area contributed by atoms with E-state index in [1.807, 2.05) is 6.92 Å². The minimum atomic E-state index is -0.833. The molecule has 1 aliphatic rings. The maximum Gasteiger partial charge on any atom is 0.407 e. The van der Waals surface area contributed by atoms with Crippen LogP contribution in [0.25, 0.3) is 0 Å². The third-order valence-corrected chi connectivity index (χ3v) is 1.64. The Morgan fingerprint density at radius 1 is 1.43 bits per heavy atom.